The molecule has 0 fully saturated rings. The number of aromatic nitrogens is 6. The topological polar surface area (TPSA) is 77.3 Å². The van der Waals surface area contributed by atoms with Gasteiger partial charge in [-0.25, -0.2) is 24.9 Å². The molecule has 0 aliphatic carbocycles. The summed E-state index contributed by atoms with van der Waals surface area (Å²) in [5, 5.41) is 0.975. The summed E-state index contributed by atoms with van der Waals surface area (Å²) in [6.07, 6.45) is 1.37. The lowest BCUT2D eigenvalue weighted by atomic mass is 10.2. The molecule has 0 aliphatic rings. The molecule has 162 valence electrons. The van der Waals surface area contributed by atoms with Gasteiger partial charge in [-0.05, 0) is 18.2 Å². The Bertz CT molecular complexity index is 1260. The van der Waals surface area contributed by atoms with E-state index < -0.39 is 0 Å². The van der Waals surface area contributed by atoms with Crippen molar-refractivity contribution in [3.05, 3.63) is 64.8 Å². The van der Waals surface area contributed by atoms with Crippen LogP contribution in [0.25, 0.3) is 34.6 Å². The first-order valence-corrected chi connectivity index (χ1v) is 11.3. The molecular formula is C18H4Cl8N6. The highest BCUT2D eigenvalue weighted by Crippen LogP contribution is 2.34. The van der Waals surface area contributed by atoms with Gasteiger partial charge in [0.25, 0.3) is 0 Å². The summed E-state index contributed by atoms with van der Waals surface area (Å²) < 4.78 is 0. The zero-order chi connectivity index (χ0) is 23.2. The van der Waals surface area contributed by atoms with Gasteiger partial charge in [0.05, 0.1) is 30.1 Å². The minimum absolute atomic E-state index is 0.0268. The highest BCUT2D eigenvalue weighted by atomic mass is 35.5. The molecule has 0 amide bonds. The van der Waals surface area contributed by atoms with Crippen molar-refractivity contribution in [3.63, 3.8) is 0 Å². The fourth-order valence-corrected chi connectivity index (χ4v) is 3.74. The van der Waals surface area contributed by atoms with Crippen molar-refractivity contribution in [2.75, 3.05) is 0 Å². The van der Waals surface area contributed by atoms with Gasteiger partial charge in [-0.3, -0.25) is 4.98 Å². The van der Waals surface area contributed by atoms with Crippen LogP contribution in [-0.2, 0) is 0 Å². The Morgan fingerprint density at radius 1 is 0.438 bits per heavy atom. The van der Waals surface area contributed by atoms with Gasteiger partial charge < -0.3 is 0 Å². The summed E-state index contributed by atoms with van der Waals surface area (Å²) in [6.45, 7) is 0. The maximum atomic E-state index is 6.15. The molecule has 0 bridgehead atoms. The molecule has 4 aromatic rings. The van der Waals surface area contributed by atoms with Crippen LogP contribution >= 0.6 is 92.8 Å². The van der Waals surface area contributed by atoms with Crippen molar-refractivity contribution in [3.8, 4) is 34.6 Å². The van der Waals surface area contributed by atoms with Crippen molar-refractivity contribution in [2.24, 2.45) is 0 Å². The first kappa shape index (κ1) is 23.9. The SMILES string of the molecule is Clc1cnc(-c2nc(-c3cc(Cl)c(Cl)c(Cl)n3)nc(-c3cc(Cl)c(Cl)c(Cl)n3)n2)cc1Cl. The lowest BCUT2D eigenvalue weighted by molar-refractivity contribution is 1.03. The van der Waals surface area contributed by atoms with E-state index in [-0.39, 0.29) is 69.3 Å². The highest BCUT2D eigenvalue weighted by Gasteiger charge is 2.19. The van der Waals surface area contributed by atoms with Crippen LogP contribution in [0.1, 0.15) is 0 Å². The normalized spacial score (nSPS) is 11.1. The summed E-state index contributed by atoms with van der Waals surface area (Å²) in [7, 11) is 0. The first-order valence-electron chi connectivity index (χ1n) is 8.25. The van der Waals surface area contributed by atoms with E-state index in [0.717, 1.165) is 0 Å². The average molecular weight is 588 g/mol. The fraction of sp³-hybridized carbons (Fsp3) is 0. The molecule has 0 saturated heterocycles. The van der Waals surface area contributed by atoms with E-state index in [0.29, 0.717) is 5.69 Å². The minimum Gasteiger partial charge on any atom is -0.251 e. The molecule has 0 aromatic carbocycles. The van der Waals surface area contributed by atoms with Crippen LogP contribution in [0.5, 0.6) is 0 Å². The molecule has 6 nitrogen and oxygen atoms in total. The minimum atomic E-state index is -0.0268. The summed E-state index contributed by atoms with van der Waals surface area (Å²) in [6, 6.07) is 4.41. The molecule has 4 rings (SSSR count). The van der Waals surface area contributed by atoms with Crippen molar-refractivity contribution >= 4 is 92.8 Å². The third-order valence-corrected chi connectivity index (χ3v) is 6.88. The Morgan fingerprint density at radius 2 is 0.844 bits per heavy atom. The molecule has 0 aliphatic heterocycles. The lowest BCUT2D eigenvalue weighted by Gasteiger charge is -2.09. The van der Waals surface area contributed by atoms with Crippen LogP contribution in [-0.4, -0.2) is 29.9 Å². The van der Waals surface area contributed by atoms with Gasteiger partial charge in [0.2, 0.25) is 0 Å². The Hall–Kier alpha value is -1.22. The van der Waals surface area contributed by atoms with Gasteiger partial charge in [-0.1, -0.05) is 92.8 Å². The van der Waals surface area contributed by atoms with Gasteiger partial charge in [0, 0.05) is 6.20 Å². The van der Waals surface area contributed by atoms with Crippen molar-refractivity contribution in [2.45, 2.75) is 0 Å². The van der Waals surface area contributed by atoms with Crippen LogP contribution in [0.4, 0.5) is 0 Å². The second-order valence-electron chi connectivity index (χ2n) is 5.98. The van der Waals surface area contributed by atoms with Crippen LogP contribution in [0, 0.1) is 0 Å². The molecule has 0 N–H and O–H groups in total. The molecule has 0 atom stereocenters. The molecule has 32 heavy (non-hydrogen) atoms. The van der Waals surface area contributed by atoms with Gasteiger partial charge in [-0.2, -0.15) is 0 Å². The third-order valence-electron chi connectivity index (χ3n) is 3.88. The molecule has 14 heteroatoms. The van der Waals surface area contributed by atoms with Gasteiger partial charge in [0.1, 0.15) is 27.4 Å². The van der Waals surface area contributed by atoms with Crippen molar-refractivity contribution in [1.29, 1.82) is 0 Å². The van der Waals surface area contributed by atoms with E-state index in [9.17, 15) is 0 Å². The van der Waals surface area contributed by atoms with Crippen LogP contribution in [0.3, 0.4) is 0 Å². The number of hydrogen-bond donors (Lipinski definition) is 0. The van der Waals surface area contributed by atoms with E-state index in [1.54, 1.807) is 0 Å². The van der Waals surface area contributed by atoms with Crippen molar-refractivity contribution < 1.29 is 0 Å². The zero-order valence-electron chi connectivity index (χ0n) is 15.0. The van der Waals surface area contributed by atoms with E-state index >= 15 is 0 Å². The largest absolute Gasteiger partial charge is 0.251 e. The van der Waals surface area contributed by atoms with Gasteiger partial charge >= 0.3 is 0 Å². The van der Waals surface area contributed by atoms with Gasteiger partial charge in [0.15, 0.2) is 17.5 Å². The average Bonchev–Trinajstić information content (AvgIpc) is 2.76. The van der Waals surface area contributed by atoms with E-state index in [1.807, 2.05) is 0 Å². The first-order chi connectivity index (χ1) is 15.1. The quantitative estimate of drug-likeness (QED) is 0.224. The maximum Gasteiger partial charge on any atom is 0.182 e. The predicted molar refractivity (Wildman–Crippen MR) is 130 cm³/mol. The molecule has 0 spiro atoms. The zero-order valence-corrected chi connectivity index (χ0v) is 21.1. The van der Waals surface area contributed by atoms with Gasteiger partial charge in [-0.15, -0.1) is 0 Å². The van der Waals surface area contributed by atoms with Crippen LogP contribution in [0.15, 0.2) is 24.4 Å². The second kappa shape index (κ2) is 9.57. The summed E-state index contributed by atoms with van der Waals surface area (Å²) >= 11 is 48.5. The predicted octanol–water partition coefficient (Wildman–Crippen LogP) is 8.28. The molecule has 0 radical (unpaired) electrons. The Morgan fingerprint density at radius 3 is 1.25 bits per heavy atom. The summed E-state index contributed by atoms with van der Waals surface area (Å²) in [4.78, 5) is 25.8. The maximum absolute atomic E-state index is 6.15. The molecule has 4 heterocycles. The standard InChI is InChI=1S/C18H4Cl8N6/c19-5-1-9(27-4-8(5)22)16-30-17(10-2-6(20)12(23)14(25)28-10)32-18(31-16)11-3-7(21)13(24)15(26)29-11/h1-4H. The number of halogens is 8. The molecule has 4 aromatic heterocycles. The second-order valence-corrected chi connectivity index (χ2v) is 9.08. The fourth-order valence-electron chi connectivity index (χ4n) is 2.42. The van der Waals surface area contributed by atoms with E-state index in [2.05, 4.69) is 29.9 Å². The Balaban J connectivity index is 1.98. The number of pyridine rings is 3. The molecule has 0 unspecified atom stereocenters. The summed E-state index contributed by atoms with van der Waals surface area (Å²) in [5.41, 5.74) is 0.752. The molecular weight excluding hydrogens is 584 g/mol. The Labute approximate surface area is 220 Å². The van der Waals surface area contributed by atoms with E-state index in [4.69, 9.17) is 92.8 Å². The molecule has 0 saturated carbocycles. The third kappa shape index (κ3) is 4.83. The van der Waals surface area contributed by atoms with E-state index in [1.165, 1.54) is 24.4 Å². The van der Waals surface area contributed by atoms with Crippen molar-refractivity contribution in [1.82, 2.24) is 29.9 Å². The smallest absolute Gasteiger partial charge is 0.182 e. The number of hydrogen-bond acceptors (Lipinski definition) is 6. The summed E-state index contributed by atoms with van der Waals surface area (Å²) in [5.74, 6) is 0.334. The van der Waals surface area contributed by atoms with Crippen LogP contribution in [0.2, 0.25) is 40.4 Å². The number of nitrogens with zero attached hydrogens (tertiary/aromatic N) is 6. The lowest BCUT2D eigenvalue weighted by Crippen LogP contribution is -2.03. The Kier molecular flexibility index (Phi) is 7.15. The number of rotatable bonds is 3. The highest BCUT2D eigenvalue weighted by molar-refractivity contribution is 6.48. The monoisotopic (exact) mass is 584 g/mol. The van der Waals surface area contributed by atoms with Crippen LogP contribution < -0.4 is 0 Å².